The van der Waals surface area contributed by atoms with Crippen LogP contribution in [0.1, 0.15) is 5.56 Å². The maximum atomic E-state index is 12.3. The minimum absolute atomic E-state index is 0.0735. The summed E-state index contributed by atoms with van der Waals surface area (Å²) >= 11 is 0. The summed E-state index contributed by atoms with van der Waals surface area (Å²) in [5, 5.41) is 43.3. The molecule has 1 heterocycles. The summed E-state index contributed by atoms with van der Waals surface area (Å²) < 4.78 is 15.5. The van der Waals surface area contributed by atoms with E-state index >= 15 is 0 Å². The first-order valence-electron chi connectivity index (χ1n) is 9.68. The lowest BCUT2D eigenvalue weighted by molar-refractivity contribution is -0.301. The third kappa shape index (κ3) is 7.40. The van der Waals surface area contributed by atoms with Crippen LogP contribution in [0.25, 0.3) is 0 Å². The molecule has 0 aliphatic carbocycles. The molecular formula is C19H27N3O10. The maximum absolute atomic E-state index is 12.3. The van der Waals surface area contributed by atoms with E-state index in [0.29, 0.717) is 5.56 Å². The number of benzene rings is 1. The van der Waals surface area contributed by atoms with Gasteiger partial charge >= 0.3 is 6.09 Å². The number of alkyl carbamates (subject to hydrolysis) is 1. The van der Waals surface area contributed by atoms with Gasteiger partial charge in [-0.15, -0.1) is 0 Å². The Hall–Kier alpha value is -2.81. The van der Waals surface area contributed by atoms with Gasteiger partial charge in [-0.1, -0.05) is 30.3 Å². The van der Waals surface area contributed by atoms with Crippen molar-refractivity contribution in [3.8, 4) is 0 Å². The number of aliphatic hydroxyl groups excluding tert-OH is 4. The lowest BCUT2D eigenvalue weighted by Gasteiger charge is -2.39. The molecule has 1 aliphatic heterocycles. The number of ether oxygens (including phenoxy) is 3. The van der Waals surface area contributed by atoms with Gasteiger partial charge < -0.3 is 51.0 Å². The Morgan fingerprint density at radius 3 is 2.41 bits per heavy atom. The Balaban J connectivity index is 1.98. The standard InChI is InChI=1S/C19H27N3O10/c20-13(24)6-21-17(28)11(22-19(29)31-8-10-4-2-1-3-5-10)9-30-18-16(27)15(26)14(25)12(7-23)32-18/h1-5,11-12,14-16,18,23,25-27H,6-9H2,(H2,20,24)(H,21,28)(H,22,29)/t11-,12+,14+,15-,16+,18+/m0/s1. The van der Waals surface area contributed by atoms with E-state index in [1.165, 1.54) is 0 Å². The van der Waals surface area contributed by atoms with Gasteiger partial charge in [0.2, 0.25) is 11.8 Å². The number of hydrogen-bond acceptors (Lipinski definition) is 10. The smallest absolute Gasteiger partial charge is 0.408 e. The zero-order chi connectivity index (χ0) is 23.7. The minimum atomic E-state index is -1.70. The molecule has 13 heteroatoms. The third-order valence-electron chi connectivity index (χ3n) is 4.53. The second-order valence-corrected chi connectivity index (χ2v) is 6.97. The zero-order valence-electron chi connectivity index (χ0n) is 17.0. The molecule has 0 spiro atoms. The summed E-state index contributed by atoms with van der Waals surface area (Å²) in [6.45, 7) is -1.82. The Bertz CT molecular complexity index is 763. The summed E-state index contributed by atoms with van der Waals surface area (Å²) in [5.41, 5.74) is 5.70. The molecular weight excluding hydrogens is 430 g/mol. The summed E-state index contributed by atoms with van der Waals surface area (Å²) in [4.78, 5) is 35.4. The molecule has 1 saturated heterocycles. The number of primary amides is 1. The summed E-state index contributed by atoms with van der Waals surface area (Å²) in [5.74, 6) is -1.66. The SMILES string of the molecule is NC(=O)CNC(=O)[C@H](CO[C@@H]1O[C@H](CO)[C@@H](O)[C@H](O)[C@H]1O)NC(=O)OCc1ccccc1. The molecule has 0 unspecified atom stereocenters. The number of carbonyl (C=O) groups excluding carboxylic acids is 3. The van der Waals surface area contributed by atoms with Crippen molar-refractivity contribution >= 4 is 17.9 Å². The fourth-order valence-corrected chi connectivity index (χ4v) is 2.78. The first-order chi connectivity index (χ1) is 15.2. The van der Waals surface area contributed by atoms with Crippen molar-refractivity contribution in [3.63, 3.8) is 0 Å². The highest BCUT2D eigenvalue weighted by atomic mass is 16.7. The normalized spacial score (nSPS) is 26.1. The van der Waals surface area contributed by atoms with Crippen LogP contribution in [0, 0.1) is 0 Å². The maximum Gasteiger partial charge on any atom is 0.408 e. The zero-order valence-corrected chi connectivity index (χ0v) is 17.0. The van der Waals surface area contributed by atoms with Gasteiger partial charge in [-0.3, -0.25) is 9.59 Å². The van der Waals surface area contributed by atoms with E-state index in [0.717, 1.165) is 0 Å². The molecule has 1 aromatic rings. The van der Waals surface area contributed by atoms with Gasteiger partial charge in [0.1, 0.15) is 37.1 Å². The molecule has 6 atom stereocenters. The fourth-order valence-electron chi connectivity index (χ4n) is 2.78. The summed E-state index contributed by atoms with van der Waals surface area (Å²) in [7, 11) is 0. The van der Waals surface area contributed by atoms with E-state index in [2.05, 4.69) is 10.6 Å². The number of nitrogens with one attached hydrogen (secondary N) is 2. The molecule has 0 bridgehead atoms. The van der Waals surface area contributed by atoms with Crippen LogP contribution in [0.5, 0.6) is 0 Å². The largest absolute Gasteiger partial charge is 0.445 e. The minimum Gasteiger partial charge on any atom is -0.445 e. The van der Waals surface area contributed by atoms with Crippen molar-refractivity contribution < 1.29 is 49.0 Å². The van der Waals surface area contributed by atoms with Gasteiger partial charge in [0.05, 0.1) is 19.8 Å². The number of amides is 3. The average Bonchev–Trinajstić information content (AvgIpc) is 2.79. The Morgan fingerprint density at radius 2 is 1.78 bits per heavy atom. The molecule has 13 nitrogen and oxygen atoms in total. The van der Waals surface area contributed by atoms with Gasteiger partial charge in [0, 0.05) is 0 Å². The van der Waals surface area contributed by atoms with E-state index in [1.54, 1.807) is 30.3 Å². The molecule has 0 radical (unpaired) electrons. The van der Waals surface area contributed by atoms with Crippen LogP contribution in [0.2, 0.25) is 0 Å². The highest BCUT2D eigenvalue weighted by Crippen LogP contribution is 2.22. The van der Waals surface area contributed by atoms with Crippen molar-refractivity contribution in [1.82, 2.24) is 10.6 Å². The average molecular weight is 457 g/mol. The van der Waals surface area contributed by atoms with Crippen LogP contribution < -0.4 is 16.4 Å². The van der Waals surface area contributed by atoms with Crippen molar-refractivity contribution in [3.05, 3.63) is 35.9 Å². The molecule has 1 fully saturated rings. The van der Waals surface area contributed by atoms with E-state index in [4.69, 9.17) is 19.9 Å². The number of carbonyl (C=O) groups is 3. The van der Waals surface area contributed by atoms with Crippen LogP contribution >= 0.6 is 0 Å². The molecule has 2 rings (SSSR count). The van der Waals surface area contributed by atoms with Crippen molar-refractivity contribution in [2.24, 2.45) is 5.73 Å². The van der Waals surface area contributed by atoms with Crippen LogP contribution in [-0.4, -0.2) is 94.8 Å². The predicted octanol–water partition coefficient (Wildman–Crippen LogP) is -3.30. The Kier molecular flexibility index (Phi) is 9.77. The molecule has 1 aromatic carbocycles. The first kappa shape index (κ1) is 25.5. The Labute approximate surface area is 183 Å². The molecule has 32 heavy (non-hydrogen) atoms. The molecule has 178 valence electrons. The van der Waals surface area contributed by atoms with Crippen LogP contribution in [0.3, 0.4) is 0 Å². The summed E-state index contributed by atoms with van der Waals surface area (Å²) in [6, 6.07) is 7.36. The molecule has 1 aliphatic rings. The lowest BCUT2D eigenvalue weighted by atomic mass is 9.99. The number of nitrogens with two attached hydrogens (primary N) is 1. The second kappa shape index (κ2) is 12.3. The predicted molar refractivity (Wildman–Crippen MR) is 105 cm³/mol. The quantitative estimate of drug-likeness (QED) is 0.186. The Morgan fingerprint density at radius 1 is 1.09 bits per heavy atom. The van der Waals surface area contributed by atoms with Gasteiger partial charge in [-0.25, -0.2) is 4.79 Å². The number of hydrogen-bond donors (Lipinski definition) is 7. The van der Waals surface area contributed by atoms with Crippen molar-refractivity contribution in [2.45, 2.75) is 43.4 Å². The van der Waals surface area contributed by atoms with Crippen LogP contribution in [0.4, 0.5) is 4.79 Å². The van der Waals surface area contributed by atoms with Crippen molar-refractivity contribution in [2.75, 3.05) is 19.8 Å². The van der Waals surface area contributed by atoms with Gasteiger partial charge in [-0.2, -0.15) is 0 Å². The van der Waals surface area contributed by atoms with E-state index in [-0.39, 0.29) is 6.61 Å². The molecule has 0 aromatic heterocycles. The van der Waals surface area contributed by atoms with E-state index < -0.39 is 74.4 Å². The van der Waals surface area contributed by atoms with E-state index in [9.17, 15) is 34.8 Å². The molecule has 3 amide bonds. The third-order valence-corrected chi connectivity index (χ3v) is 4.53. The van der Waals surface area contributed by atoms with Gasteiger partial charge in [0.25, 0.3) is 0 Å². The second-order valence-electron chi connectivity index (χ2n) is 6.97. The highest BCUT2D eigenvalue weighted by Gasteiger charge is 2.44. The van der Waals surface area contributed by atoms with Gasteiger partial charge in [-0.05, 0) is 5.56 Å². The topological polar surface area (TPSA) is 210 Å². The molecule has 8 N–H and O–H groups in total. The highest BCUT2D eigenvalue weighted by molar-refractivity contribution is 5.89. The van der Waals surface area contributed by atoms with Gasteiger partial charge in [0.15, 0.2) is 6.29 Å². The number of aliphatic hydroxyl groups is 4. The fraction of sp³-hybridized carbons (Fsp3) is 0.526. The summed E-state index contributed by atoms with van der Waals surface area (Å²) in [6.07, 6.45) is -8.69. The van der Waals surface area contributed by atoms with Crippen molar-refractivity contribution in [1.29, 1.82) is 0 Å². The van der Waals surface area contributed by atoms with E-state index in [1.807, 2.05) is 0 Å². The first-order valence-corrected chi connectivity index (χ1v) is 9.68. The van der Waals surface area contributed by atoms with Crippen LogP contribution in [-0.2, 0) is 30.4 Å². The molecule has 0 saturated carbocycles. The van der Waals surface area contributed by atoms with Crippen LogP contribution in [0.15, 0.2) is 30.3 Å². The monoisotopic (exact) mass is 457 g/mol. The number of rotatable bonds is 10. The lowest BCUT2D eigenvalue weighted by Crippen LogP contribution is -2.60.